The van der Waals surface area contributed by atoms with Crippen molar-refractivity contribution in [1.82, 2.24) is 9.78 Å². The van der Waals surface area contributed by atoms with Gasteiger partial charge >= 0.3 is 12.1 Å². The van der Waals surface area contributed by atoms with Crippen molar-refractivity contribution in [2.24, 2.45) is 0 Å². The van der Waals surface area contributed by atoms with E-state index < -0.39 is 17.7 Å². The van der Waals surface area contributed by atoms with Crippen LogP contribution in [0.2, 0.25) is 0 Å². The van der Waals surface area contributed by atoms with Crippen molar-refractivity contribution >= 4 is 5.97 Å². The molecule has 0 saturated heterocycles. The Labute approximate surface area is 141 Å². The summed E-state index contributed by atoms with van der Waals surface area (Å²) in [4.78, 5) is 11.1. The summed E-state index contributed by atoms with van der Waals surface area (Å²) in [5, 5.41) is 13.3. The zero-order valence-corrected chi connectivity index (χ0v) is 12.9. The van der Waals surface area contributed by atoms with Crippen molar-refractivity contribution in [3.63, 3.8) is 0 Å². The van der Waals surface area contributed by atoms with Gasteiger partial charge in [-0.25, -0.2) is 4.68 Å². The van der Waals surface area contributed by atoms with Gasteiger partial charge in [-0.3, -0.25) is 4.79 Å². The molecule has 25 heavy (non-hydrogen) atoms. The van der Waals surface area contributed by atoms with Crippen LogP contribution in [0.15, 0.2) is 60.8 Å². The summed E-state index contributed by atoms with van der Waals surface area (Å²) in [6.45, 7) is 0. The minimum absolute atomic E-state index is 0.280. The summed E-state index contributed by atoms with van der Waals surface area (Å²) >= 11 is 0. The quantitative estimate of drug-likeness (QED) is 0.771. The molecule has 0 spiro atoms. The molecule has 1 aromatic heterocycles. The van der Waals surface area contributed by atoms with Crippen molar-refractivity contribution in [2.75, 3.05) is 0 Å². The molecule has 4 nitrogen and oxygen atoms in total. The summed E-state index contributed by atoms with van der Waals surface area (Å²) in [6.07, 6.45) is -3.07. The third-order valence-electron chi connectivity index (χ3n) is 3.65. The number of carbonyl (C=O) groups is 1. The predicted molar refractivity (Wildman–Crippen MR) is 85.3 cm³/mol. The average molecular weight is 346 g/mol. The number of alkyl halides is 3. The molecule has 0 fully saturated rings. The van der Waals surface area contributed by atoms with Gasteiger partial charge in [-0.15, -0.1) is 0 Å². The number of benzene rings is 2. The SMILES string of the molecule is O=C(O)Cc1nn(-c2ccc(C(F)(F)F)cc2)cc1-c1ccccc1. The van der Waals surface area contributed by atoms with Crippen LogP contribution in [0.4, 0.5) is 13.2 Å². The molecule has 0 atom stereocenters. The van der Waals surface area contributed by atoms with E-state index in [4.69, 9.17) is 5.11 Å². The van der Waals surface area contributed by atoms with Gasteiger partial charge in [0.25, 0.3) is 0 Å². The maximum absolute atomic E-state index is 12.7. The summed E-state index contributed by atoms with van der Waals surface area (Å²) in [5.41, 5.74) is 1.43. The van der Waals surface area contributed by atoms with E-state index in [1.54, 1.807) is 6.20 Å². The number of carboxylic acids is 1. The van der Waals surface area contributed by atoms with Gasteiger partial charge in [-0.2, -0.15) is 18.3 Å². The van der Waals surface area contributed by atoms with Crippen LogP contribution < -0.4 is 0 Å². The summed E-state index contributed by atoms with van der Waals surface area (Å²) in [7, 11) is 0. The van der Waals surface area contributed by atoms with E-state index in [0.29, 0.717) is 16.9 Å². The van der Waals surface area contributed by atoms with E-state index in [1.165, 1.54) is 16.8 Å². The summed E-state index contributed by atoms with van der Waals surface area (Å²) in [5.74, 6) is -1.03. The van der Waals surface area contributed by atoms with Crippen molar-refractivity contribution in [2.45, 2.75) is 12.6 Å². The van der Waals surface area contributed by atoms with Crippen molar-refractivity contribution in [3.8, 4) is 16.8 Å². The van der Waals surface area contributed by atoms with Crippen LogP contribution in [-0.4, -0.2) is 20.9 Å². The van der Waals surface area contributed by atoms with Crippen LogP contribution >= 0.6 is 0 Å². The van der Waals surface area contributed by atoms with E-state index in [2.05, 4.69) is 5.10 Å². The zero-order valence-electron chi connectivity index (χ0n) is 12.9. The van der Waals surface area contributed by atoms with E-state index in [-0.39, 0.29) is 6.42 Å². The van der Waals surface area contributed by atoms with Gasteiger partial charge < -0.3 is 5.11 Å². The van der Waals surface area contributed by atoms with Crippen molar-refractivity contribution < 1.29 is 23.1 Å². The fourth-order valence-electron chi connectivity index (χ4n) is 2.48. The highest BCUT2D eigenvalue weighted by molar-refractivity contribution is 5.75. The largest absolute Gasteiger partial charge is 0.481 e. The topological polar surface area (TPSA) is 55.1 Å². The molecule has 0 radical (unpaired) electrons. The average Bonchev–Trinajstić information content (AvgIpc) is 2.98. The first-order valence-corrected chi connectivity index (χ1v) is 7.38. The number of aromatic nitrogens is 2. The predicted octanol–water partition coefficient (Wildman–Crippen LogP) is 4.19. The first-order valence-electron chi connectivity index (χ1n) is 7.38. The summed E-state index contributed by atoms with van der Waals surface area (Å²) < 4.78 is 39.4. The lowest BCUT2D eigenvalue weighted by molar-refractivity contribution is -0.138. The lowest BCUT2D eigenvalue weighted by atomic mass is 10.1. The molecule has 1 heterocycles. The van der Waals surface area contributed by atoms with Crippen LogP contribution in [0, 0.1) is 0 Å². The Morgan fingerprint density at radius 3 is 2.24 bits per heavy atom. The van der Waals surface area contributed by atoms with E-state index in [9.17, 15) is 18.0 Å². The normalized spacial score (nSPS) is 11.5. The number of nitrogens with zero attached hydrogens (tertiary/aromatic N) is 2. The monoisotopic (exact) mass is 346 g/mol. The van der Waals surface area contributed by atoms with Gasteiger partial charge in [-0.1, -0.05) is 30.3 Å². The second-order valence-electron chi connectivity index (χ2n) is 5.42. The second kappa shape index (κ2) is 6.43. The number of rotatable bonds is 4. The van der Waals surface area contributed by atoms with Crippen molar-refractivity contribution in [1.29, 1.82) is 0 Å². The Hall–Kier alpha value is -3.09. The fourth-order valence-corrected chi connectivity index (χ4v) is 2.48. The molecular weight excluding hydrogens is 333 g/mol. The molecule has 2 aromatic carbocycles. The van der Waals surface area contributed by atoms with Gasteiger partial charge in [0.15, 0.2) is 0 Å². The van der Waals surface area contributed by atoms with Crippen LogP contribution in [0.1, 0.15) is 11.3 Å². The Bertz CT molecular complexity index is 885. The van der Waals surface area contributed by atoms with Crippen LogP contribution in [0.5, 0.6) is 0 Å². The maximum atomic E-state index is 12.7. The Balaban J connectivity index is 2.03. The highest BCUT2D eigenvalue weighted by Crippen LogP contribution is 2.30. The van der Waals surface area contributed by atoms with Gasteiger partial charge in [-0.05, 0) is 29.8 Å². The molecule has 1 N–H and O–H groups in total. The first kappa shape index (κ1) is 16.8. The molecule has 0 saturated carbocycles. The third-order valence-corrected chi connectivity index (χ3v) is 3.65. The van der Waals surface area contributed by atoms with Crippen molar-refractivity contribution in [3.05, 3.63) is 72.1 Å². The van der Waals surface area contributed by atoms with E-state index >= 15 is 0 Å². The Morgan fingerprint density at radius 1 is 1.04 bits per heavy atom. The maximum Gasteiger partial charge on any atom is 0.416 e. The molecule has 128 valence electrons. The number of hydrogen-bond acceptors (Lipinski definition) is 2. The van der Waals surface area contributed by atoms with Crippen LogP contribution in [-0.2, 0) is 17.4 Å². The third kappa shape index (κ3) is 3.71. The second-order valence-corrected chi connectivity index (χ2v) is 5.42. The Morgan fingerprint density at radius 2 is 1.68 bits per heavy atom. The van der Waals surface area contributed by atoms with Crippen LogP contribution in [0.25, 0.3) is 16.8 Å². The molecule has 0 aliphatic carbocycles. The molecule has 0 aliphatic heterocycles. The first-order chi connectivity index (χ1) is 11.8. The molecule has 0 amide bonds. The van der Waals surface area contributed by atoms with E-state index in [1.807, 2.05) is 30.3 Å². The van der Waals surface area contributed by atoms with Crippen LogP contribution in [0.3, 0.4) is 0 Å². The molecule has 0 unspecified atom stereocenters. The highest BCUT2D eigenvalue weighted by atomic mass is 19.4. The smallest absolute Gasteiger partial charge is 0.416 e. The standard InChI is InChI=1S/C18H13F3N2O2/c19-18(20,21)13-6-8-14(9-7-13)23-11-15(12-4-2-1-3-5-12)16(22-23)10-17(24)25/h1-9,11H,10H2,(H,24,25). The molecule has 0 bridgehead atoms. The molecule has 3 rings (SSSR count). The minimum atomic E-state index is -4.41. The van der Waals surface area contributed by atoms with E-state index in [0.717, 1.165) is 17.7 Å². The highest BCUT2D eigenvalue weighted by Gasteiger charge is 2.30. The molecular formula is C18H13F3N2O2. The molecule has 0 aliphatic rings. The molecule has 7 heteroatoms. The number of halogens is 3. The fraction of sp³-hybridized carbons (Fsp3) is 0.111. The molecule has 3 aromatic rings. The zero-order chi connectivity index (χ0) is 18.0. The minimum Gasteiger partial charge on any atom is -0.481 e. The number of carboxylic acid groups (broad SMARTS) is 1. The van der Waals surface area contributed by atoms with Gasteiger partial charge in [0.1, 0.15) is 0 Å². The lowest BCUT2D eigenvalue weighted by Gasteiger charge is -2.07. The van der Waals surface area contributed by atoms with Gasteiger partial charge in [0.2, 0.25) is 0 Å². The van der Waals surface area contributed by atoms with Gasteiger partial charge in [0.05, 0.1) is 23.4 Å². The lowest BCUT2D eigenvalue weighted by Crippen LogP contribution is -2.05. The summed E-state index contributed by atoms with van der Waals surface area (Å²) in [6, 6.07) is 13.6. The number of aliphatic carboxylic acids is 1. The Kier molecular flexibility index (Phi) is 4.31. The van der Waals surface area contributed by atoms with Gasteiger partial charge in [0, 0.05) is 11.8 Å². The number of hydrogen-bond donors (Lipinski definition) is 1.